The summed E-state index contributed by atoms with van der Waals surface area (Å²) >= 11 is 1.000. The van der Waals surface area contributed by atoms with Crippen molar-refractivity contribution in [1.82, 2.24) is 0 Å². The Bertz CT molecular complexity index is 1200. The second kappa shape index (κ2) is 8.57. The third kappa shape index (κ3) is 4.11. The number of benzene rings is 2. The van der Waals surface area contributed by atoms with E-state index in [1.807, 2.05) is 32.0 Å². The molecule has 0 aliphatic carbocycles. The van der Waals surface area contributed by atoms with Gasteiger partial charge in [-0.2, -0.15) is 0 Å². The molecule has 1 heterocycles. The van der Waals surface area contributed by atoms with Crippen molar-refractivity contribution >= 4 is 43.3 Å². The lowest BCUT2D eigenvalue weighted by atomic mass is 10.1. The van der Waals surface area contributed by atoms with Gasteiger partial charge in [0.2, 0.25) is 5.78 Å². The minimum Gasteiger partial charge on any atom is -0.396 e. The Morgan fingerprint density at radius 3 is 2.40 bits per heavy atom. The van der Waals surface area contributed by atoms with Gasteiger partial charge in [0.1, 0.15) is 20.6 Å². The Hall–Kier alpha value is -2.71. The van der Waals surface area contributed by atoms with Gasteiger partial charge in [-0.1, -0.05) is 32.0 Å². The van der Waals surface area contributed by atoms with Gasteiger partial charge in [0.05, 0.1) is 11.4 Å². The van der Waals surface area contributed by atoms with Crippen LogP contribution in [0, 0.1) is 12.7 Å². The Kier molecular flexibility index (Phi) is 6.28. The van der Waals surface area contributed by atoms with Gasteiger partial charge in [-0.25, -0.2) is 12.8 Å². The molecule has 0 aliphatic heterocycles. The highest BCUT2D eigenvalue weighted by molar-refractivity contribution is 7.92. The van der Waals surface area contributed by atoms with Crippen molar-refractivity contribution in [2.75, 3.05) is 16.8 Å². The Balaban J connectivity index is 2.17. The van der Waals surface area contributed by atoms with Crippen molar-refractivity contribution in [2.45, 2.75) is 32.1 Å². The summed E-state index contributed by atoms with van der Waals surface area (Å²) in [5, 5.41) is 3.53. The number of nitrogen functional groups attached to an aromatic ring is 1. The molecule has 0 saturated heterocycles. The van der Waals surface area contributed by atoms with Crippen molar-refractivity contribution < 1.29 is 17.6 Å². The molecule has 3 rings (SSSR count). The standard InChI is InChI=1S/C22H23FN2O3S2/c1-4-14-8-6-7-13(3)18(14)25-22-21(30(27,28)5-2)17(24)20(29-22)19(26)15-9-11-16(23)12-10-15/h6-12,25H,4-5,24H2,1-3H3. The molecule has 3 N–H and O–H groups in total. The largest absolute Gasteiger partial charge is 0.396 e. The van der Waals surface area contributed by atoms with E-state index in [0.29, 0.717) is 5.00 Å². The first-order chi connectivity index (χ1) is 14.2. The average Bonchev–Trinajstić information content (AvgIpc) is 3.06. The van der Waals surface area contributed by atoms with Crippen LogP contribution in [0.4, 0.5) is 20.8 Å². The van der Waals surface area contributed by atoms with Crippen LogP contribution in [-0.2, 0) is 16.3 Å². The molecule has 1 aromatic heterocycles. The summed E-state index contributed by atoms with van der Waals surface area (Å²) in [7, 11) is -3.70. The Morgan fingerprint density at radius 2 is 1.80 bits per heavy atom. The molecule has 0 radical (unpaired) electrons. The van der Waals surface area contributed by atoms with E-state index in [1.54, 1.807) is 0 Å². The Labute approximate surface area is 179 Å². The summed E-state index contributed by atoms with van der Waals surface area (Å²) in [4.78, 5) is 13.0. The summed E-state index contributed by atoms with van der Waals surface area (Å²) in [6, 6.07) is 10.9. The fourth-order valence-corrected chi connectivity index (χ4v) is 5.79. The molecular weight excluding hydrogens is 423 g/mol. The molecule has 30 heavy (non-hydrogen) atoms. The zero-order valence-corrected chi connectivity index (χ0v) is 18.6. The van der Waals surface area contributed by atoms with E-state index in [-0.39, 0.29) is 26.8 Å². The molecule has 0 saturated carbocycles. The van der Waals surface area contributed by atoms with Crippen LogP contribution in [-0.4, -0.2) is 20.0 Å². The van der Waals surface area contributed by atoms with E-state index in [4.69, 9.17) is 5.73 Å². The maximum atomic E-state index is 13.2. The van der Waals surface area contributed by atoms with Crippen molar-refractivity contribution in [2.24, 2.45) is 0 Å². The number of thiophene rings is 1. The molecule has 0 aliphatic rings. The molecule has 2 aromatic carbocycles. The first-order valence-electron chi connectivity index (χ1n) is 9.50. The van der Waals surface area contributed by atoms with E-state index in [9.17, 15) is 17.6 Å². The lowest BCUT2D eigenvalue weighted by molar-refractivity contribution is 0.104. The van der Waals surface area contributed by atoms with Gasteiger partial charge in [0, 0.05) is 11.3 Å². The van der Waals surface area contributed by atoms with Gasteiger partial charge in [0.15, 0.2) is 9.84 Å². The van der Waals surface area contributed by atoms with Crippen LogP contribution in [0.3, 0.4) is 0 Å². The van der Waals surface area contributed by atoms with Crippen LogP contribution in [0.5, 0.6) is 0 Å². The maximum Gasteiger partial charge on any atom is 0.205 e. The van der Waals surface area contributed by atoms with E-state index < -0.39 is 21.4 Å². The molecule has 0 spiro atoms. The first kappa shape index (κ1) is 22.0. The third-order valence-corrected chi connectivity index (χ3v) is 7.94. The highest BCUT2D eigenvalue weighted by Gasteiger charge is 2.29. The van der Waals surface area contributed by atoms with Crippen LogP contribution in [0.25, 0.3) is 0 Å². The summed E-state index contributed by atoms with van der Waals surface area (Å²) in [6.45, 7) is 5.47. The average molecular weight is 447 g/mol. The summed E-state index contributed by atoms with van der Waals surface area (Å²) in [5.41, 5.74) is 9.13. The number of nitrogens with two attached hydrogens (primary N) is 1. The molecule has 0 atom stereocenters. The monoisotopic (exact) mass is 446 g/mol. The smallest absolute Gasteiger partial charge is 0.205 e. The number of rotatable bonds is 7. The fourth-order valence-electron chi connectivity index (χ4n) is 3.18. The lowest BCUT2D eigenvalue weighted by Gasteiger charge is -2.14. The number of halogens is 1. The minimum atomic E-state index is -3.70. The summed E-state index contributed by atoms with van der Waals surface area (Å²) in [6.07, 6.45) is 0.752. The van der Waals surface area contributed by atoms with Crippen molar-refractivity contribution in [3.8, 4) is 0 Å². The molecule has 3 aromatic rings. The van der Waals surface area contributed by atoms with Crippen molar-refractivity contribution in [3.05, 3.63) is 69.8 Å². The highest BCUT2D eigenvalue weighted by Crippen LogP contribution is 2.43. The number of carbonyl (C=O) groups excluding carboxylic acids is 1. The van der Waals surface area contributed by atoms with Crippen LogP contribution in [0.2, 0.25) is 0 Å². The maximum absolute atomic E-state index is 13.2. The number of sulfone groups is 1. The van der Waals surface area contributed by atoms with E-state index >= 15 is 0 Å². The van der Waals surface area contributed by atoms with Gasteiger partial charge < -0.3 is 11.1 Å². The number of para-hydroxylation sites is 1. The second-order valence-corrected chi connectivity index (χ2v) is 10.1. The van der Waals surface area contributed by atoms with Crippen LogP contribution in [0.1, 0.15) is 40.2 Å². The quantitative estimate of drug-likeness (QED) is 0.493. The number of hydrogen-bond acceptors (Lipinski definition) is 6. The number of nitrogens with one attached hydrogen (secondary N) is 1. The van der Waals surface area contributed by atoms with Gasteiger partial charge in [-0.05, 0) is 48.7 Å². The topological polar surface area (TPSA) is 89.3 Å². The Morgan fingerprint density at radius 1 is 1.13 bits per heavy atom. The zero-order valence-electron chi connectivity index (χ0n) is 17.0. The molecule has 8 heteroatoms. The fraction of sp³-hybridized carbons (Fsp3) is 0.227. The minimum absolute atomic E-state index is 0.0641. The second-order valence-electron chi connectivity index (χ2n) is 6.83. The number of ketones is 1. The van der Waals surface area contributed by atoms with E-state index in [1.165, 1.54) is 31.2 Å². The van der Waals surface area contributed by atoms with Gasteiger partial charge >= 0.3 is 0 Å². The molecule has 0 unspecified atom stereocenters. The predicted octanol–water partition coefficient (Wildman–Crippen LogP) is 5.11. The zero-order chi connectivity index (χ0) is 22.1. The van der Waals surface area contributed by atoms with E-state index in [2.05, 4.69) is 5.32 Å². The summed E-state index contributed by atoms with van der Waals surface area (Å²) < 4.78 is 38.9. The number of aryl methyl sites for hydroxylation is 2. The van der Waals surface area contributed by atoms with Crippen LogP contribution >= 0.6 is 11.3 Å². The highest BCUT2D eigenvalue weighted by atomic mass is 32.2. The number of anilines is 3. The molecule has 0 amide bonds. The molecule has 158 valence electrons. The van der Waals surface area contributed by atoms with Crippen molar-refractivity contribution in [3.63, 3.8) is 0 Å². The predicted molar refractivity (Wildman–Crippen MR) is 120 cm³/mol. The van der Waals surface area contributed by atoms with Gasteiger partial charge in [-0.15, -0.1) is 11.3 Å². The molecular formula is C22H23FN2O3S2. The molecule has 5 nitrogen and oxygen atoms in total. The third-order valence-electron chi connectivity index (χ3n) is 4.88. The van der Waals surface area contributed by atoms with Crippen LogP contribution < -0.4 is 11.1 Å². The normalized spacial score (nSPS) is 11.5. The van der Waals surface area contributed by atoms with Crippen LogP contribution in [0.15, 0.2) is 47.4 Å². The molecule has 0 bridgehead atoms. The summed E-state index contributed by atoms with van der Waals surface area (Å²) in [5.74, 6) is -1.06. The van der Waals surface area contributed by atoms with Gasteiger partial charge in [-0.3, -0.25) is 4.79 Å². The van der Waals surface area contributed by atoms with Gasteiger partial charge in [0.25, 0.3) is 0 Å². The molecule has 0 fully saturated rings. The van der Waals surface area contributed by atoms with E-state index in [0.717, 1.165) is 34.6 Å². The van der Waals surface area contributed by atoms with Crippen molar-refractivity contribution in [1.29, 1.82) is 0 Å². The number of hydrogen-bond donors (Lipinski definition) is 2. The SMILES string of the molecule is CCc1cccc(C)c1Nc1sc(C(=O)c2ccc(F)cc2)c(N)c1S(=O)(=O)CC. The lowest BCUT2D eigenvalue weighted by Crippen LogP contribution is -2.10. The first-order valence-corrected chi connectivity index (χ1v) is 12.0. The number of carbonyl (C=O) groups is 1.